The van der Waals surface area contributed by atoms with Gasteiger partial charge in [-0.1, -0.05) is 24.3 Å². The topological polar surface area (TPSA) is 67.8 Å². The molecule has 0 aliphatic carbocycles. The molecule has 3 aromatic rings. The lowest BCUT2D eigenvalue weighted by Crippen LogP contribution is -2.32. The summed E-state index contributed by atoms with van der Waals surface area (Å²) in [7, 11) is 7.13. The molecule has 7 heteroatoms. The van der Waals surface area contributed by atoms with Crippen LogP contribution < -0.4 is 14.4 Å². The van der Waals surface area contributed by atoms with Crippen molar-refractivity contribution in [1.82, 2.24) is 14.9 Å². The van der Waals surface area contributed by atoms with Crippen molar-refractivity contribution in [1.29, 1.82) is 0 Å². The quantitative estimate of drug-likeness (QED) is 0.544. The molecule has 2 heterocycles. The number of methoxy groups -OCH3 is 2. The van der Waals surface area contributed by atoms with E-state index in [0.29, 0.717) is 18.9 Å². The van der Waals surface area contributed by atoms with Crippen molar-refractivity contribution in [2.45, 2.75) is 25.3 Å². The van der Waals surface area contributed by atoms with Crippen LogP contribution in [-0.2, 0) is 11.2 Å². The Morgan fingerprint density at radius 3 is 2.55 bits per heavy atom. The Balaban J connectivity index is 1.69. The summed E-state index contributed by atoms with van der Waals surface area (Å²) < 4.78 is 10.7. The lowest BCUT2D eigenvalue weighted by molar-refractivity contribution is -0.131. The molecule has 2 aromatic carbocycles. The first-order chi connectivity index (χ1) is 16.0. The number of anilines is 1. The Morgan fingerprint density at radius 2 is 1.82 bits per heavy atom. The molecule has 7 nitrogen and oxygen atoms in total. The molecule has 1 fully saturated rings. The third-order valence-corrected chi connectivity index (χ3v) is 5.96. The van der Waals surface area contributed by atoms with Crippen molar-refractivity contribution in [2.75, 3.05) is 39.8 Å². The van der Waals surface area contributed by atoms with Gasteiger partial charge in [0, 0.05) is 32.4 Å². The zero-order valence-corrected chi connectivity index (χ0v) is 19.6. The first-order valence-electron chi connectivity index (χ1n) is 11.1. The van der Waals surface area contributed by atoms with Crippen LogP contribution in [0.4, 0.5) is 5.95 Å². The minimum atomic E-state index is -0.106. The summed E-state index contributed by atoms with van der Waals surface area (Å²) >= 11 is 0. The van der Waals surface area contributed by atoms with Crippen molar-refractivity contribution in [3.05, 3.63) is 66.0 Å². The number of carbonyl (C=O) groups excluding carboxylic acids is 1. The normalized spacial score (nSPS) is 15.4. The van der Waals surface area contributed by atoms with E-state index in [1.165, 1.54) is 0 Å². The Labute approximate surface area is 195 Å². The maximum absolute atomic E-state index is 13.4. The number of aromatic nitrogens is 2. The highest BCUT2D eigenvalue weighted by Gasteiger charge is 2.33. The van der Waals surface area contributed by atoms with E-state index in [9.17, 15) is 4.79 Å². The van der Waals surface area contributed by atoms with Crippen molar-refractivity contribution in [2.24, 2.45) is 0 Å². The summed E-state index contributed by atoms with van der Waals surface area (Å²) in [6.07, 6.45) is 3.99. The molecule has 172 valence electrons. The van der Waals surface area contributed by atoms with E-state index in [-0.39, 0.29) is 11.9 Å². The summed E-state index contributed by atoms with van der Waals surface area (Å²) in [5, 5.41) is 0. The summed E-state index contributed by atoms with van der Waals surface area (Å²) in [4.78, 5) is 26.7. The molecule has 0 radical (unpaired) electrons. The fourth-order valence-corrected chi connectivity index (χ4v) is 4.28. The zero-order valence-electron chi connectivity index (χ0n) is 19.6. The van der Waals surface area contributed by atoms with E-state index in [1.54, 1.807) is 14.2 Å². The molecule has 1 saturated heterocycles. The lowest BCUT2D eigenvalue weighted by Gasteiger charge is -2.27. The third-order valence-electron chi connectivity index (χ3n) is 5.96. The van der Waals surface area contributed by atoms with E-state index >= 15 is 0 Å². The van der Waals surface area contributed by atoms with Gasteiger partial charge in [0.2, 0.25) is 11.9 Å². The van der Waals surface area contributed by atoms with Crippen molar-refractivity contribution in [3.8, 4) is 22.6 Å². The molecule has 0 unspecified atom stereocenters. The van der Waals surface area contributed by atoms with Crippen LogP contribution in [-0.4, -0.2) is 55.6 Å². The van der Waals surface area contributed by atoms with E-state index in [4.69, 9.17) is 14.5 Å². The summed E-state index contributed by atoms with van der Waals surface area (Å²) in [5.41, 5.74) is 3.71. The molecule has 0 saturated carbocycles. The molecule has 33 heavy (non-hydrogen) atoms. The van der Waals surface area contributed by atoms with Gasteiger partial charge in [-0.15, -0.1) is 0 Å². The van der Waals surface area contributed by atoms with Gasteiger partial charge in [0.1, 0.15) is 11.5 Å². The lowest BCUT2D eigenvalue weighted by atomic mass is 9.99. The fraction of sp³-hybridized carbons (Fsp3) is 0.346. The second kappa shape index (κ2) is 9.90. The van der Waals surface area contributed by atoms with Crippen LogP contribution in [0.2, 0.25) is 0 Å². The average molecular weight is 447 g/mol. The molecule has 1 amide bonds. The summed E-state index contributed by atoms with van der Waals surface area (Å²) in [5.74, 6) is 2.24. The van der Waals surface area contributed by atoms with Crippen molar-refractivity contribution in [3.63, 3.8) is 0 Å². The van der Waals surface area contributed by atoms with Gasteiger partial charge in [0.15, 0.2) is 0 Å². The molecular formula is C26H30N4O3. The monoisotopic (exact) mass is 446 g/mol. The van der Waals surface area contributed by atoms with Crippen LogP contribution in [0.5, 0.6) is 11.5 Å². The number of benzene rings is 2. The van der Waals surface area contributed by atoms with E-state index in [2.05, 4.69) is 4.98 Å². The average Bonchev–Trinajstić information content (AvgIpc) is 3.34. The van der Waals surface area contributed by atoms with Gasteiger partial charge < -0.3 is 19.3 Å². The van der Waals surface area contributed by atoms with Crippen LogP contribution in [0.15, 0.2) is 54.7 Å². The van der Waals surface area contributed by atoms with Gasteiger partial charge in [-0.3, -0.25) is 4.79 Å². The molecule has 1 aromatic heterocycles. The highest BCUT2D eigenvalue weighted by molar-refractivity contribution is 5.80. The van der Waals surface area contributed by atoms with Gasteiger partial charge in [0.25, 0.3) is 0 Å². The number of likely N-dealkylation sites (tertiary alicyclic amines) is 1. The van der Waals surface area contributed by atoms with E-state index < -0.39 is 0 Å². The minimum absolute atomic E-state index is 0.0901. The smallest absolute Gasteiger partial charge is 0.227 e. The van der Waals surface area contributed by atoms with Gasteiger partial charge in [-0.2, -0.15) is 0 Å². The Hall–Kier alpha value is -3.61. The minimum Gasteiger partial charge on any atom is -0.497 e. The van der Waals surface area contributed by atoms with E-state index in [1.807, 2.05) is 78.6 Å². The third kappa shape index (κ3) is 4.92. The highest BCUT2D eigenvalue weighted by Crippen LogP contribution is 2.38. The number of amides is 1. The van der Waals surface area contributed by atoms with E-state index in [0.717, 1.165) is 46.7 Å². The number of carbonyl (C=O) groups is 1. The van der Waals surface area contributed by atoms with Crippen LogP contribution in [0, 0.1) is 0 Å². The molecule has 1 aliphatic rings. The number of rotatable bonds is 7. The molecule has 0 bridgehead atoms. The Bertz CT molecular complexity index is 1130. The predicted molar refractivity (Wildman–Crippen MR) is 129 cm³/mol. The van der Waals surface area contributed by atoms with Gasteiger partial charge >= 0.3 is 0 Å². The second-order valence-electron chi connectivity index (χ2n) is 8.37. The molecule has 0 spiro atoms. The molecule has 1 atom stereocenters. The van der Waals surface area contributed by atoms with Crippen LogP contribution >= 0.6 is 0 Å². The number of hydrogen-bond donors (Lipinski definition) is 0. The zero-order chi connectivity index (χ0) is 23.4. The van der Waals surface area contributed by atoms with Gasteiger partial charge in [-0.05, 0) is 48.2 Å². The molecule has 4 rings (SSSR count). The van der Waals surface area contributed by atoms with Crippen LogP contribution in [0.3, 0.4) is 0 Å². The SMILES string of the molecule is COc1cccc(CC(=O)N2CCC[C@H]2c2nc(N(C)C)ncc2-c2cccc(OC)c2)c1. The van der Waals surface area contributed by atoms with Gasteiger partial charge in [0.05, 0.1) is 32.4 Å². The van der Waals surface area contributed by atoms with Crippen molar-refractivity contribution < 1.29 is 14.3 Å². The second-order valence-corrected chi connectivity index (χ2v) is 8.37. The number of nitrogens with zero attached hydrogens (tertiary/aromatic N) is 4. The number of hydrogen-bond acceptors (Lipinski definition) is 6. The Morgan fingerprint density at radius 1 is 1.09 bits per heavy atom. The molecule has 1 aliphatic heterocycles. The maximum atomic E-state index is 13.4. The van der Waals surface area contributed by atoms with Gasteiger partial charge in [-0.25, -0.2) is 9.97 Å². The van der Waals surface area contributed by atoms with Crippen molar-refractivity contribution >= 4 is 11.9 Å². The first-order valence-corrected chi connectivity index (χ1v) is 11.1. The number of ether oxygens (including phenoxy) is 2. The first kappa shape index (κ1) is 22.6. The molecular weight excluding hydrogens is 416 g/mol. The summed E-state index contributed by atoms with van der Waals surface area (Å²) in [6.45, 7) is 0.715. The molecule has 0 N–H and O–H groups in total. The standard InChI is InChI=1S/C26H30N4O3/c1-29(2)26-27-17-22(19-9-6-11-21(16-19)33-4)25(28-26)23-12-7-13-30(23)24(31)15-18-8-5-10-20(14-18)32-3/h5-6,8-11,14,16-17,23H,7,12-13,15H2,1-4H3/t23-/m0/s1. The highest BCUT2D eigenvalue weighted by atomic mass is 16.5. The fourth-order valence-electron chi connectivity index (χ4n) is 4.28. The Kier molecular flexibility index (Phi) is 6.77. The largest absolute Gasteiger partial charge is 0.497 e. The van der Waals surface area contributed by atoms with Crippen LogP contribution in [0.25, 0.3) is 11.1 Å². The van der Waals surface area contributed by atoms with Crippen LogP contribution in [0.1, 0.15) is 30.1 Å². The predicted octanol–water partition coefficient (Wildman–Crippen LogP) is 4.13. The summed E-state index contributed by atoms with van der Waals surface area (Å²) in [6, 6.07) is 15.4. The maximum Gasteiger partial charge on any atom is 0.227 e.